The number of carbonyl (C=O) groups excluding carboxylic acids is 1. The minimum Gasteiger partial charge on any atom is -0.451 e. The third-order valence-electron chi connectivity index (χ3n) is 2.06. The Hall–Kier alpha value is -1.59. The van der Waals surface area contributed by atoms with Crippen molar-refractivity contribution in [1.82, 2.24) is 5.48 Å². The molecule has 2 N–H and O–H groups in total. The summed E-state index contributed by atoms with van der Waals surface area (Å²) in [6.07, 6.45) is 0. The van der Waals surface area contributed by atoms with E-state index in [9.17, 15) is 4.79 Å². The van der Waals surface area contributed by atoms with Crippen molar-refractivity contribution in [2.45, 2.75) is 0 Å². The maximum absolute atomic E-state index is 11.0. The molecule has 1 heterocycles. The van der Waals surface area contributed by atoms with Gasteiger partial charge in [-0.2, -0.15) is 0 Å². The smallest absolute Gasteiger partial charge is 0.310 e. The molecule has 0 saturated heterocycles. The molecule has 1 aromatic carbocycles. The maximum Gasteiger partial charge on any atom is 0.310 e. The first kappa shape index (κ1) is 10.9. The van der Waals surface area contributed by atoms with Crippen LogP contribution >= 0.6 is 15.9 Å². The van der Waals surface area contributed by atoms with E-state index in [-0.39, 0.29) is 5.76 Å². The molecule has 0 radical (unpaired) electrons. The van der Waals surface area contributed by atoms with Crippen LogP contribution in [0.5, 0.6) is 0 Å². The molecule has 5 heteroatoms. The Labute approximate surface area is 100.0 Å². The lowest BCUT2D eigenvalue weighted by atomic mass is 10.2. The van der Waals surface area contributed by atoms with Crippen LogP contribution in [0.4, 0.5) is 0 Å². The summed E-state index contributed by atoms with van der Waals surface area (Å²) in [5.74, 6) is -0.0186. The number of hydrogen-bond acceptors (Lipinski definition) is 3. The molecule has 0 aliphatic rings. The third-order valence-corrected chi connectivity index (χ3v) is 2.59. The molecule has 0 bridgehead atoms. The van der Waals surface area contributed by atoms with Gasteiger partial charge in [0.1, 0.15) is 5.76 Å². The van der Waals surface area contributed by atoms with Gasteiger partial charge < -0.3 is 4.42 Å². The molecule has 82 valence electrons. The molecular weight excluding hydrogens is 274 g/mol. The van der Waals surface area contributed by atoms with Crippen LogP contribution in [-0.2, 0) is 0 Å². The van der Waals surface area contributed by atoms with Crippen molar-refractivity contribution in [2.75, 3.05) is 0 Å². The molecule has 2 aromatic rings. The zero-order valence-corrected chi connectivity index (χ0v) is 9.69. The molecule has 1 aromatic heterocycles. The van der Waals surface area contributed by atoms with E-state index < -0.39 is 5.91 Å². The highest BCUT2D eigenvalue weighted by atomic mass is 79.9. The van der Waals surface area contributed by atoms with E-state index in [1.165, 1.54) is 11.5 Å². The van der Waals surface area contributed by atoms with E-state index in [1.54, 1.807) is 6.07 Å². The van der Waals surface area contributed by atoms with Crippen LogP contribution < -0.4 is 5.48 Å². The highest BCUT2D eigenvalue weighted by Gasteiger charge is 2.10. The minimum atomic E-state index is -0.664. The summed E-state index contributed by atoms with van der Waals surface area (Å²) in [4.78, 5) is 11.0. The van der Waals surface area contributed by atoms with Gasteiger partial charge in [-0.15, -0.1) is 0 Å². The molecule has 0 fully saturated rings. The molecule has 2 rings (SSSR count). The van der Waals surface area contributed by atoms with Crippen molar-refractivity contribution in [3.63, 3.8) is 0 Å². The largest absolute Gasteiger partial charge is 0.451 e. The second-order valence-corrected chi connectivity index (χ2v) is 4.03. The van der Waals surface area contributed by atoms with Crippen molar-refractivity contribution in [2.24, 2.45) is 0 Å². The lowest BCUT2D eigenvalue weighted by Gasteiger charge is -1.97. The molecule has 0 atom stereocenters. The average molecular weight is 282 g/mol. The van der Waals surface area contributed by atoms with E-state index in [0.29, 0.717) is 5.76 Å². The van der Waals surface area contributed by atoms with Crippen LogP contribution in [0.25, 0.3) is 11.3 Å². The third kappa shape index (κ3) is 2.15. The predicted octanol–water partition coefficient (Wildman–Crippen LogP) is 2.83. The van der Waals surface area contributed by atoms with Crippen molar-refractivity contribution in [3.05, 3.63) is 46.6 Å². The number of hydrogen-bond donors (Lipinski definition) is 2. The van der Waals surface area contributed by atoms with Gasteiger partial charge in [-0.05, 0) is 24.3 Å². The monoisotopic (exact) mass is 281 g/mol. The number of nitrogens with one attached hydrogen (secondary N) is 1. The predicted molar refractivity (Wildman–Crippen MR) is 61.1 cm³/mol. The topological polar surface area (TPSA) is 62.5 Å². The van der Waals surface area contributed by atoms with Crippen molar-refractivity contribution in [3.8, 4) is 11.3 Å². The zero-order valence-electron chi connectivity index (χ0n) is 8.11. The van der Waals surface area contributed by atoms with E-state index in [0.717, 1.165) is 10.0 Å². The van der Waals surface area contributed by atoms with Gasteiger partial charge in [-0.1, -0.05) is 28.1 Å². The minimum absolute atomic E-state index is 0.0698. The SMILES string of the molecule is O=C(NO)c1ccc(-c2ccc(Br)cc2)o1. The lowest BCUT2D eigenvalue weighted by Crippen LogP contribution is -2.17. The fraction of sp³-hybridized carbons (Fsp3) is 0. The molecule has 1 amide bonds. The van der Waals surface area contributed by atoms with Gasteiger partial charge in [0.25, 0.3) is 0 Å². The summed E-state index contributed by atoms with van der Waals surface area (Å²) in [7, 11) is 0. The molecule has 0 spiro atoms. The second-order valence-electron chi connectivity index (χ2n) is 3.11. The molecule has 0 unspecified atom stereocenters. The summed E-state index contributed by atoms with van der Waals surface area (Å²) in [5.41, 5.74) is 2.38. The Morgan fingerprint density at radius 1 is 1.19 bits per heavy atom. The van der Waals surface area contributed by atoms with Gasteiger partial charge in [0.05, 0.1) is 0 Å². The van der Waals surface area contributed by atoms with Crippen molar-refractivity contribution >= 4 is 21.8 Å². The van der Waals surface area contributed by atoms with Gasteiger partial charge in [0, 0.05) is 10.0 Å². The van der Waals surface area contributed by atoms with E-state index in [1.807, 2.05) is 24.3 Å². The fourth-order valence-electron chi connectivity index (χ4n) is 1.28. The number of halogens is 1. The maximum atomic E-state index is 11.0. The van der Waals surface area contributed by atoms with E-state index >= 15 is 0 Å². The average Bonchev–Trinajstić information content (AvgIpc) is 2.78. The summed E-state index contributed by atoms with van der Waals surface area (Å²) in [6.45, 7) is 0. The Morgan fingerprint density at radius 2 is 1.88 bits per heavy atom. The number of carbonyl (C=O) groups is 1. The Bertz CT molecular complexity index is 504. The Balaban J connectivity index is 2.31. The highest BCUT2D eigenvalue weighted by Crippen LogP contribution is 2.23. The summed E-state index contributed by atoms with van der Waals surface area (Å²) in [6, 6.07) is 10.7. The number of hydroxylamine groups is 1. The number of furan rings is 1. The normalized spacial score (nSPS) is 10.1. The van der Waals surface area contributed by atoms with Gasteiger partial charge >= 0.3 is 5.91 Å². The summed E-state index contributed by atoms with van der Waals surface area (Å²) in [5, 5.41) is 8.44. The molecule has 0 saturated carbocycles. The first-order valence-electron chi connectivity index (χ1n) is 4.51. The summed E-state index contributed by atoms with van der Waals surface area (Å²) >= 11 is 3.33. The van der Waals surface area contributed by atoms with Gasteiger partial charge in [0.2, 0.25) is 0 Å². The quantitative estimate of drug-likeness (QED) is 0.657. The standard InChI is InChI=1S/C11H8BrNO3/c12-8-3-1-7(2-4-8)9-5-6-10(16-9)11(14)13-15/h1-6,15H,(H,13,14). The Morgan fingerprint density at radius 3 is 2.50 bits per heavy atom. The number of benzene rings is 1. The molecule has 0 aliphatic heterocycles. The first-order valence-corrected chi connectivity index (χ1v) is 5.30. The molecule has 16 heavy (non-hydrogen) atoms. The molecule has 4 nitrogen and oxygen atoms in total. The van der Waals surface area contributed by atoms with E-state index in [2.05, 4.69) is 15.9 Å². The number of amides is 1. The van der Waals surface area contributed by atoms with Crippen LogP contribution in [0.1, 0.15) is 10.6 Å². The van der Waals surface area contributed by atoms with Crippen LogP contribution in [0.15, 0.2) is 45.3 Å². The van der Waals surface area contributed by atoms with Gasteiger partial charge in [-0.3, -0.25) is 10.0 Å². The number of rotatable bonds is 2. The van der Waals surface area contributed by atoms with Crippen LogP contribution in [0, 0.1) is 0 Å². The van der Waals surface area contributed by atoms with Crippen LogP contribution in [0.2, 0.25) is 0 Å². The van der Waals surface area contributed by atoms with Crippen molar-refractivity contribution < 1.29 is 14.4 Å². The van der Waals surface area contributed by atoms with Gasteiger partial charge in [-0.25, -0.2) is 5.48 Å². The molecule has 0 aliphatic carbocycles. The molecular formula is C11H8BrNO3. The van der Waals surface area contributed by atoms with Gasteiger partial charge in [0.15, 0.2) is 5.76 Å². The summed E-state index contributed by atoms with van der Waals surface area (Å²) < 4.78 is 6.24. The van der Waals surface area contributed by atoms with Crippen LogP contribution in [-0.4, -0.2) is 11.1 Å². The Kier molecular flexibility index (Phi) is 3.07. The second kappa shape index (κ2) is 4.51. The zero-order chi connectivity index (χ0) is 11.5. The van der Waals surface area contributed by atoms with Crippen LogP contribution in [0.3, 0.4) is 0 Å². The highest BCUT2D eigenvalue weighted by molar-refractivity contribution is 9.10. The van der Waals surface area contributed by atoms with E-state index in [4.69, 9.17) is 9.62 Å². The first-order chi connectivity index (χ1) is 7.70. The fourth-order valence-corrected chi connectivity index (χ4v) is 1.55. The van der Waals surface area contributed by atoms with Crippen molar-refractivity contribution in [1.29, 1.82) is 0 Å². The lowest BCUT2D eigenvalue weighted by molar-refractivity contribution is 0.0677.